The van der Waals surface area contributed by atoms with Gasteiger partial charge in [-0.1, -0.05) is 6.07 Å². The molecule has 0 unspecified atom stereocenters. The molecule has 2 aromatic rings. The van der Waals surface area contributed by atoms with Crippen LogP contribution >= 0.6 is 15.9 Å². The zero-order chi connectivity index (χ0) is 11.3. The lowest BCUT2D eigenvalue weighted by molar-refractivity contribution is 0.254. The number of aryl methyl sites for hydroxylation is 1. The van der Waals surface area contributed by atoms with Crippen LogP contribution in [-0.4, -0.2) is 4.57 Å². The average Bonchev–Trinajstić information content (AvgIpc) is 2.51. The van der Waals surface area contributed by atoms with Crippen LogP contribution in [-0.2, 0) is 12.6 Å². The predicted molar refractivity (Wildman–Crippen MR) is 70.3 cm³/mol. The molecule has 3 heteroatoms. The number of nitrogens with zero attached hydrogens (tertiary/aromatic N) is 1. The Morgan fingerprint density at radius 3 is 2.75 bits per heavy atom. The van der Waals surface area contributed by atoms with Gasteiger partial charge >= 0.3 is 0 Å². The van der Waals surface area contributed by atoms with Crippen molar-refractivity contribution in [2.45, 2.75) is 24.8 Å². The normalized spacial score (nSPS) is 18.7. The minimum Gasteiger partial charge on any atom is -0.349 e. The monoisotopic (exact) mass is 278 g/mol. The molecule has 1 saturated carbocycles. The van der Waals surface area contributed by atoms with Crippen LogP contribution in [0.2, 0.25) is 0 Å². The van der Waals surface area contributed by atoms with E-state index in [4.69, 9.17) is 5.73 Å². The van der Waals surface area contributed by atoms with Gasteiger partial charge in [-0.15, -0.1) is 0 Å². The molecule has 2 N–H and O–H groups in total. The van der Waals surface area contributed by atoms with Gasteiger partial charge in [0.2, 0.25) is 0 Å². The topological polar surface area (TPSA) is 30.9 Å². The Bertz CT molecular complexity index is 552. The minimum atomic E-state index is -0.0660. The van der Waals surface area contributed by atoms with Crippen LogP contribution in [0.3, 0.4) is 0 Å². The number of aromatic nitrogens is 1. The molecule has 0 amide bonds. The fourth-order valence-corrected chi connectivity index (χ4v) is 3.12. The standard InChI is InChI=1S/C13H15BrN2/c1-16-8-11(14)10-7-9(3-4-12(10)16)13(15)5-2-6-13/h3-4,7-8H,2,5-6,15H2,1H3. The van der Waals surface area contributed by atoms with E-state index in [1.165, 1.54) is 22.9 Å². The number of fused-ring (bicyclic) bond motifs is 1. The largest absolute Gasteiger partial charge is 0.349 e. The minimum absolute atomic E-state index is 0.0660. The molecular weight excluding hydrogens is 264 g/mol. The van der Waals surface area contributed by atoms with Crippen LogP contribution in [0.5, 0.6) is 0 Å². The molecule has 0 aliphatic heterocycles. The Kier molecular flexibility index (Phi) is 2.17. The molecule has 1 aromatic heterocycles. The van der Waals surface area contributed by atoms with Gasteiger partial charge in [0.1, 0.15) is 0 Å². The summed E-state index contributed by atoms with van der Waals surface area (Å²) in [7, 11) is 2.06. The first-order valence-corrected chi connectivity index (χ1v) is 6.43. The lowest BCUT2D eigenvalue weighted by Crippen LogP contribution is -2.43. The van der Waals surface area contributed by atoms with E-state index in [1.807, 2.05) is 0 Å². The number of benzene rings is 1. The first-order chi connectivity index (χ1) is 7.60. The summed E-state index contributed by atoms with van der Waals surface area (Å²) in [6.45, 7) is 0. The zero-order valence-electron chi connectivity index (χ0n) is 9.33. The summed E-state index contributed by atoms with van der Waals surface area (Å²) in [5, 5.41) is 1.26. The zero-order valence-corrected chi connectivity index (χ0v) is 10.9. The van der Waals surface area contributed by atoms with Crippen molar-refractivity contribution < 1.29 is 0 Å². The number of halogens is 1. The average molecular weight is 279 g/mol. The number of rotatable bonds is 1. The van der Waals surface area contributed by atoms with Gasteiger partial charge in [-0.25, -0.2) is 0 Å². The SMILES string of the molecule is Cn1cc(Br)c2cc(C3(N)CCC3)ccc21. The van der Waals surface area contributed by atoms with Crippen molar-refractivity contribution in [3.05, 3.63) is 34.4 Å². The van der Waals surface area contributed by atoms with Crippen molar-refractivity contribution in [1.82, 2.24) is 4.57 Å². The van der Waals surface area contributed by atoms with Gasteiger partial charge < -0.3 is 10.3 Å². The Balaban J connectivity index is 2.19. The maximum atomic E-state index is 6.35. The van der Waals surface area contributed by atoms with Crippen LogP contribution in [0.25, 0.3) is 10.9 Å². The van der Waals surface area contributed by atoms with Gasteiger partial charge in [0.05, 0.1) is 0 Å². The van der Waals surface area contributed by atoms with Crippen molar-refractivity contribution in [3.8, 4) is 0 Å². The molecule has 0 bridgehead atoms. The van der Waals surface area contributed by atoms with Crippen molar-refractivity contribution in [2.75, 3.05) is 0 Å². The summed E-state index contributed by atoms with van der Waals surface area (Å²) in [5.41, 5.74) is 8.81. The molecule has 1 aromatic carbocycles. The van der Waals surface area contributed by atoms with E-state index in [2.05, 4.69) is 51.9 Å². The van der Waals surface area contributed by atoms with E-state index in [0.29, 0.717) is 0 Å². The smallest absolute Gasteiger partial charge is 0.0489 e. The van der Waals surface area contributed by atoms with Crippen LogP contribution in [0, 0.1) is 0 Å². The Morgan fingerprint density at radius 1 is 1.38 bits per heavy atom. The maximum Gasteiger partial charge on any atom is 0.0489 e. The van der Waals surface area contributed by atoms with E-state index in [0.717, 1.165) is 17.3 Å². The van der Waals surface area contributed by atoms with Crippen molar-refractivity contribution in [2.24, 2.45) is 12.8 Å². The molecule has 16 heavy (non-hydrogen) atoms. The first kappa shape index (κ1) is 10.4. The fraction of sp³-hybridized carbons (Fsp3) is 0.385. The molecule has 0 radical (unpaired) electrons. The van der Waals surface area contributed by atoms with Crippen LogP contribution in [0.15, 0.2) is 28.9 Å². The molecule has 3 rings (SSSR count). The molecule has 0 spiro atoms. The number of nitrogens with two attached hydrogens (primary N) is 1. The molecule has 1 heterocycles. The lowest BCUT2D eigenvalue weighted by atomic mass is 9.72. The summed E-state index contributed by atoms with van der Waals surface area (Å²) in [6, 6.07) is 6.58. The summed E-state index contributed by atoms with van der Waals surface area (Å²) in [4.78, 5) is 0. The highest BCUT2D eigenvalue weighted by Crippen LogP contribution is 2.40. The number of hydrogen-bond acceptors (Lipinski definition) is 1. The third-order valence-corrected chi connectivity index (χ3v) is 4.39. The Labute approximate surface area is 104 Å². The van der Waals surface area contributed by atoms with E-state index >= 15 is 0 Å². The quantitative estimate of drug-likeness (QED) is 0.853. The van der Waals surface area contributed by atoms with E-state index in [-0.39, 0.29) is 5.54 Å². The summed E-state index contributed by atoms with van der Waals surface area (Å²) < 4.78 is 3.28. The van der Waals surface area contributed by atoms with Gasteiger partial charge in [0, 0.05) is 34.2 Å². The Hall–Kier alpha value is -0.800. The lowest BCUT2D eigenvalue weighted by Gasteiger charge is -2.38. The van der Waals surface area contributed by atoms with Crippen molar-refractivity contribution >= 4 is 26.8 Å². The molecule has 0 saturated heterocycles. The third kappa shape index (κ3) is 1.35. The summed E-state index contributed by atoms with van der Waals surface area (Å²) in [5.74, 6) is 0. The van der Waals surface area contributed by atoms with Gasteiger partial charge in [-0.05, 0) is 52.9 Å². The van der Waals surface area contributed by atoms with Crippen LogP contribution in [0.4, 0.5) is 0 Å². The highest BCUT2D eigenvalue weighted by atomic mass is 79.9. The van der Waals surface area contributed by atoms with Crippen molar-refractivity contribution in [1.29, 1.82) is 0 Å². The van der Waals surface area contributed by atoms with E-state index in [9.17, 15) is 0 Å². The van der Waals surface area contributed by atoms with Gasteiger partial charge in [-0.2, -0.15) is 0 Å². The molecule has 84 valence electrons. The van der Waals surface area contributed by atoms with Crippen LogP contribution < -0.4 is 5.73 Å². The second-order valence-corrected chi connectivity index (χ2v) is 5.68. The second-order valence-electron chi connectivity index (χ2n) is 4.83. The predicted octanol–water partition coefficient (Wildman–Crippen LogP) is 3.28. The number of hydrogen-bond donors (Lipinski definition) is 1. The highest BCUT2D eigenvalue weighted by Gasteiger charge is 2.34. The van der Waals surface area contributed by atoms with Gasteiger partial charge in [-0.3, -0.25) is 0 Å². The molecule has 1 aliphatic rings. The molecule has 2 nitrogen and oxygen atoms in total. The summed E-state index contributed by atoms with van der Waals surface area (Å²) >= 11 is 3.60. The Morgan fingerprint density at radius 2 is 2.12 bits per heavy atom. The van der Waals surface area contributed by atoms with Gasteiger partial charge in [0.15, 0.2) is 0 Å². The summed E-state index contributed by atoms with van der Waals surface area (Å²) in [6.07, 6.45) is 5.58. The molecular formula is C13H15BrN2. The third-order valence-electron chi connectivity index (χ3n) is 3.76. The van der Waals surface area contributed by atoms with Crippen LogP contribution in [0.1, 0.15) is 24.8 Å². The van der Waals surface area contributed by atoms with Gasteiger partial charge in [0.25, 0.3) is 0 Å². The fourth-order valence-electron chi connectivity index (χ4n) is 2.50. The van der Waals surface area contributed by atoms with E-state index in [1.54, 1.807) is 0 Å². The second kappa shape index (κ2) is 3.34. The maximum absolute atomic E-state index is 6.35. The molecule has 0 atom stereocenters. The van der Waals surface area contributed by atoms with Crippen molar-refractivity contribution in [3.63, 3.8) is 0 Å². The van der Waals surface area contributed by atoms with E-state index < -0.39 is 0 Å². The highest BCUT2D eigenvalue weighted by molar-refractivity contribution is 9.10. The molecule has 1 fully saturated rings. The molecule has 1 aliphatic carbocycles. The first-order valence-electron chi connectivity index (χ1n) is 5.64.